The summed E-state index contributed by atoms with van der Waals surface area (Å²) in [4.78, 5) is 4.40. The van der Waals surface area contributed by atoms with E-state index in [-0.39, 0.29) is 5.38 Å². The predicted octanol–water partition coefficient (Wildman–Crippen LogP) is 4.12. The van der Waals surface area contributed by atoms with Crippen molar-refractivity contribution in [3.8, 4) is 0 Å². The van der Waals surface area contributed by atoms with Crippen LogP contribution >= 0.6 is 34.8 Å². The van der Waals surface area contributed by atoms with E-state index >= 15 is 0 Å². The summed E-state index contributed by atoms with van der Waals surface area (Å²) in [6.45, 7) is 2.54. The molecule has 1 aromatic rings. The van der Waals surface area contributed by atoms with Gasteiger partial charge in [-0.3, -0.25) is 4.99 Å². The molecule has 1 atom stereocenters. The molecule has 15 heavy (non-hydrogen) atoms. The predicted molar refractivity (Wildman–Crippen MR) is 67.4 cm³/mol. The first kappa shape index (κ1) is 11.1. The zero-order valence-electron chi connectivity index (χ0n) is 8.02. The van der Waals surface area contributed by atoms with Gasteiger partial charge in [-0.05, 0) is 19.1 Å². The SMILES string of the molecule is CC1=Nc2cc(Cl)c(Cl)cc2NCC1Cl. The van der Waals surface area contributed by atoms with Crippen molar-refractivity contribution in [2.24, 2.45) is 4.99 Å². The Bertz CT molecular complexity index is 429. The van der Waals surface area contributed by atoms with Gasteiger partial charge in [0.05, 0.1) is 26.8 Å². The van der Waals surface area contributed by atoms with E-state index in [1.165, 1.54) is 0 Å². The second-order valence-electron chi connectivity index (χ2n) is 3.39. The molecular formula is C10H9Cl3N2. The maximum atomic E-state index is 6.08. The maximum absolute atomic E-state index is 6.08. The number of rotatable bonds is 0. The third kappa shape index (κ3) is 2.22. The molecule has 5 heteroatoms. The molecule has 1 aliphatic heterocycles. The first-order chi connectivity index (χ1) is 7.08. The van der Waals surface area contributed by atoms with E-state index in [4.69, 9.17) is 34.8 Å². The Morgan fingerprint density at radius 3 is 2.73 bits per heavy atom. The van der Waals surface area contributed by atoms with Crippen LogP contribution in [0.15, 0.2) is 17.1 Å². The standard InChI is InChI=1S/C10H9Cl3N2/c1-5-8(13)4-14-9-2-6(11)7(12)3-10(9)15-5/h2-3,8,14H,4H2,1H3. The summed E-state index contributed by atoms with van der Waals surface area (Å²) in [5.74, 6) is 0. The van der Waals surface area contributed by atoms with Crippen LogP contribution in [-0.2, 0) is 0 Å². The number of benzene rings is 1. The third-order valence-corrected chi connectivity index (χ3v) is 3.45. The molecule has 0 aromatic heterocycles. The summed E-state index contributed by atoms with van der Waals surface area (Å²) in [5, 5.41) is 4.10. The van der Waals surface area contributed by atoms with Crippen LogP contribution < -0.4 is 5.32 Å². The van der Waals surface area contributed by atoms with Gasteiger partial charge >= 0.3 is 0 Å². The highest BCUT2D eigenvalue weighted by Gasteiger charge is 2.16. The molecule has 1 unspecified atom stereocenters. The second kappa shape index (κ2) is 4.20. The average molecular weight is 264 g/mol. The van der Waals surface area contributed by atoms with E-state index < -0.39 is 0 Å². The van der Waals surface area contributed by atoms with Gasteiger partial charge in [0.15, 0.2) is 0 Å². The van der Waals surface area contributed by atoms with Gasteiger partial charge in [-0.2, -0.15) is 0 Å². The van der Waals surface area contributed by atoms with Crippen molar-refractivity contribution in [3.63, 3.8) is 0 Å². The van der Waals surface area contributed by atoms with Crippen LogP contribution in [0.25, 0.3) is 0 Å². The van der Waals surface area contributed by atoms with Gasteiger partial charge in [0, 0.05) is 12.3 Å². The fourth-order valence-electron chi connectivity index (χ4n) is 1.38. The van der Waals surface area contributed by atoms with Crippen LogP contribution in [0, 0.1) is 0 Å². The molecule has 1 aromatic carbocycles. The number of halogens is 3. The molecule has 2 nitrogen and oxygen atoms in total. The average Bonchev–Trinajstić information content (AvgIpc) is 2.31. The highest BCUT2D eigenvalue weighted by Crippen LogP contribution is 2.36. The Labute approximate surface area is 103 Å². The molecule has 0 saturated carbocycles. The Morgan fingerprint density at radius 2 is 2.00 bits per heavy atom. The van der Waals surface area contributed by atoms with Crippen LogP contribution in [0.5, 0.6) is 0 Å². The summed E-state index contributed by atoms with van der Waals surface area (Å²) in [7, 11) is 0. The number of anilines is 1. The van der Waals surface area contributed by atoms with Crippen molar-refractivity contribution in [1.29, 1.82) is 0 Å². The lowest BCUT2D eigenvalue weighted by Gasteiger charge is -2.08. The van der Waals surface area contributed by atoms with Gasteiger partial charge in [0.25, 0.3) is 0 Å². The first-order valence-electron chi connectivity index (χ1n) is 4.50. The van der Waals surface area contributed by atoms with E-state index in [1.807, 2.05) is 6.92 Å². The molecule has 1 aliphatic rings. The minimum Gasteiger partial charge on any atom is -0.381 e. The van der Waals surface area contributed by atoms with E-state index in [9.17, 15) is 0 Å². The Balaban J connectivity index is 2.52. The van der Waals surface area contributed by atoms with Crippen LogP contribution in [-0.4, -0.2) is 17.6 Å². The number of fused-ring (bicyclic) bond motifs is 1. The minimum atomic E-state index is -0.102. The number of nitrogens with zero attached hydrogens (tertiary/aromatic N) is 1. The van der Waals surface area contributed by atoms with Crippen molar-refractivity contribution >= 4 is 51.9 Å². The van der Waals surface area contributed by atoms with Crippen LogP contribution in [0.1, 0.15) is 6.92 Å². The lowest BCUT2D eigenvalue weighted by Crippen LogP contribution is -2.19. The van der Waals surface area contributed by atoms with Gasteiger partial charge in [-0.1, -0.05) is 23.2 Å². The molecule has 0 radical (unpaired) electrons. The van der Waals surface area contributed by atoms with Gasteiger partial charge < -0.3 is 5.32 Å². The van der Waals surface area contributed by atoms with E-state index in [1.54, 1.807) is 12.1 Å². The molecule has 2 rings (SSSR count). The monoisotopic (exact) mass is 262 g/mol. The first-order valence-corrected chi connectivity index (χ1v) is 5.69. The van der Waals surface area contributed by atoms with Gasteiger partial charge in [0.2, 0.25) is 0 Å². The molecule has 1 heterocycles. The van der Waals surface area contributed by atoms with E-state index in [0.29, 0.717) is 16.6 Å². The largest absolute Gasteiger partial charge is 0.381 e. The van der Waals surface area contributed by atoms with Crippen LogP contribution in [0.3, 0.4) is 0 Å². The number of hydrogen-bond donors (Lipinski definition) is 1. The molecule has 80 valence electrons. The highest BCUT2D eigenvalue weighted by atomic mass is 35.5. The van der Waals surface area contributed by atoms with Crippen molar-refractivity contribution in [2.75, 3.05) is 11.9 Å². The molecule has 0 spiro atoms. The number of aliphatic imine (C=N–C) groups is 1. The van der Waals surface area contributed by atoms with Crippen molar-refractivity contribution in [3.05, 3.63) is 22.2 Å². The molecule has 1 N–H and O–H groups in total. The van der Waals surface area contributed by atoms with E-state index in [2.05, 4.69) is 10.3 Å². The highest BCUT2D eigenvalue weighted by molar-refractivity contribution is 6.42. The van der Waals surface area contributed by atoms with Gasteiger partial charge in [-0.25, -0.2) is 0 Å². The lowest BCUT2D eigenvalue weighted by molar-refractivity contribution is 1.12. The summed E-state index contributed by atoms with van der Waals surface area (Å²) in [5.41, 5.74) is 2.53. The Kier molecular flexibility index (Phi) is 3.10. The fourth-order valence-corrected chi connectivity index (χ4v) is 1.83. The smallest absolute Gasteiger partial charge is 0.0887 e. The zero-order valence-corrected chi connectivity index (χ0v) is 10.3. The number of alkyl halides is 1. The van der Waals surface area contributed by atoms with Crippen molar-refractivity contribution in [1.82, 2.24) is 0 Å². The lowest BCUT2D eigenvalue weighted by atomic mass is 10.2. The molecule has 0 aliphatic carbocycles. The van der Waals surface area contributed by atoms with Gasteiger partial charge in [-0.15, -0.1) is 11.6 Å². The molecule has 0 fully saturated rings. The molecule has 0 bridgehead atoms. The topological polar surface area (TPSA) is 24.4 Å². The quantitative estimate of drug-likeness (QED) is 0.700. The summed E-state index contributed by atoms with van der Waals surface area (Å²) >= 11 is 17.9. The van der Waals surface area contributed by atoms with Crippen LogP contribution in [0.4, 0.5) is 11.4 Å². The molecular weight excluding hydrogens is 254 g/mol. The summed E-state index contributed by atoms with van der Waals surface area (Å²) < 4.78 is 0. The fraction of sp³-hybridized carbons (Fsp3) is 0.300. The summed E-state index contributed by atoms with van der Waals surface area (Å²) in [6, 6.07) is 3.51. The zero-order chi connectivity index (χ0) is 11.0. The third-order valence-electron chi connectivity index (χ3n) is 2.26. The minimum absolute atomic E-state index is 0.102. The maximum Gasteiger partial charge on any atom is 0.0887 e. The molecule has 0 saturated heterocycles. The summed E-state index contributed by atoms with van der Waals surface area (Å²) in [6.07, 6.45) is 0. The normalized spacial score (nSPS) is 20.0. The number of nitrogens with one attached hydrogen (secondary N) is 1. The van der Waals surface area contributed by atoms with Crippen molar-refractivity contribution in [2.45, 2.75) is 12.3 Å². The van der Waals surface area contributed by atoms with E-state index in [0.717, 1.165) is 17.1 Å². The van der Waals surface area contributed by atoms with Crippen molar-refractivity contribution < 1.29 is 0 Å². The van der Waals surface area contributed by atoms with Gasteiger partial charge in [0.1, 0.15) is 0 Å². The Morgan fingerprint density at radius 1 is 1.33 bits per heavy atom. The Hall–Kier alpha value is -0.440. The van der Waals surface area contributed by atoms with Crippen LogP contribution in [0.2, 0.25) is 10.0 Å². The second-order valence-corrected chi connectivity index (χ2v) is 4.73. The molecule has 0 amide bonds. The number of hydrogen-bond acceptors (Lipinski definition) is 2.